The third kappa shape index (κ3) is 4.26. The van der Waals surface area contributed by atoms with Crippen molar-refractivity contribution in [2.45, 2.75) is 6.42 Å². The number of aromatic nitrogens is 1. The van der Waals surface area contributed by atoms with E-state index in [4.69, 9.17) is 0 Å². The molecule has 0 saturated carbocycles. The van der Waals surface area contributed by atoms with Crippen LogP contribution >= 0.6 is 0 Å². The van der Waals surface area contributed by atoms with Gasteiger partial charge in [-0.3, -0.25) is 4.90 Å². The molecule has 5 rings (SSSR count). The van der Waals surface area contributed by atoms with Crippen molar-refractivity contribution < 1.29 is 18.7 Å². The summed E-state index contributed by atoms with van der Waals surface area (Å²) in [5.41, 5.74) is 1.54. The standard InChI is InChI=1S/C25H25F2N5O2/c26-18-14-19(16-2-3-22(21(27)12-16)32-9-1-5-30-25(32)34)24(33)20(15-18)17-4-6-29-23(13-17)31-10-7-28-8-11-31/h2-4,6,12-15,28,33H,1,5,7-11H2,(H,30,34). The highest BCUT2D eigenvalue weighted by Crippen LogP contribution is 2.40. The van der Waals surface area contributed by atoms with Gasteiger partial charge in [-0.2, -0.15) is 0 Å². The number of carbonyl (C=O) groups is 1. The number of amides is 2. The van der Waals surface area contributed by atoms with Crippen LogP contribution in [0.3, 0.4) is 0 Å². The first-order valence-electron chi connectivity index (χ1n) is 11.3. The number of hydrogen-bond acceptors (Lipinski definition) is 5. The van der Waals surface area contributed by atoms with Crippen LogP contribution in [-0.2, 0) is 0 Å². The summed E-state index contributed by atoms with van der Waals surface area (Å²) in [6.07, 6.45) is 2.34. The van der Waals surface area contributed by atoms with Crippen molar-refractivity contribution in [1.29, 1.82) is 0 Å². The number of phenols is 1. The van der Waals surface area contributed by atoms with Gasteiger partial charge in [0.25, 0.3) is 0 Å². The fraction of sp³-hybridized carbons (Fsp3) is 0.280. The molecule has 0 unspecified atom stereocenters. The normalized spacial score (nSPS) is 16.5. The lowest BCUT2D eigenvalue weighted by Gasteiger charge is -2.28. The molecule has 0 spiro atoms. The average Bonchev–Trinajstić information content (AvgIpc) is 2.86. The zero-order valence-corrected chi connectivity index (χ0v) is 18.5. The number of urea groups is 1. The quantitative estimate of drug-likeness (QED) is 0.547. The van der Waals surface area contributed by atoms with E-state index in [0.29, 0.717) is 36.2 Å². The van der Waals surface area contributed by atoms with Crippen molar-refractivity contribution in [1.82, 2.24) is 15.6 Å². The molecule has 2 aliphatic heterocycles. The first-order valence-corrected chi connectivity index (χ1v) is 11.3. The predicted molar refractivity (Wildman–Crippen MR) is 127 cm³/mol. The molecule has 0 aliphatic carbocycles. The molecule has 34 heavy (non-hydrogen) atoms. The second kappa shape index (κ2) is 9.26. The first-order chi connectivity index (χ1) is 16.5. The van der Waals surface area contributed by atoms with Crippen molar-refractivity contribution in [2.24, 2.45) is 0 Å². The highest BCUT2D eigenvalue weighted by molar-refractivity contribution is 5.93. The lowest BCUT2D eigenvalue weighted by atomic mass is 9.97. The van der Waals surface area contributed by atoms with E-state index in [-0.39, 0.29) is 23.0 Å². The summed E-state index contributed by atoms with van der Waals surface area (Å²) in [5, 5.41) is 17.0. The number of phenolic OH excluding ortho intramolecular Hbond substituents is 1. The van der Waals surface area contributed by atoms with Crippen LogP contribution in [0, 0.1) is 11.6 Å². The Hall–Kier alpha value is -3.72. The Morgan fingerprint density at radius 3 is 2.35 bits per heavy atom. The van der Waals surface area contributed by atoms with Gasteiger partial charge in [0.15, 0.2) is 0 Å². The van der Waals surface area contributed by atoms with Crippen molar-refractivity contribution in [3.05, 3.63) is 60.3 Å². The number of nitrogens with zero attached hydrogens (tertiary/aromatic N) is 3. The minimum absolute atomic E-state index is 0.145. The SMILES string of the molecule is O=C1NCCCN1c1ccc(-c2cc(F)cc(-c3ccnc(N4CCNCC4)c3)c2O)cc1F. The van der Waals surface area contributed by atoms with Gasteiger partial charge in [-0.25, -0.2) is 18.6 Å². The molecule has 9 heteroatoms. The van der Waals surface area contributed by atoms with Gasteiger partial charge in [0, 0.05) is 56.6 Å². The monoisotopic (exact) mass is 465 g/mol. The van der Waals surface area contributed by atoms with Gasteiger partial charge in [0.1, 0.15) is 23.2 Å². The summed E-state index contributed by atoms with van der Waals surface area (Å²) < 4.78 is 29.6. The Morgan fingerprint density at radius 2 is 1.65 bits per heavy atom. The van der Waals surface area contributed by atoms with Gasteiger partial charge in [-0.15, -0.1) is 0 Å². The van der Waals surface area contributed by atoms with Crippen LogP contribution in [0.2, 0.25) is 0 Å². The van der Waals surface area contributed by atoms with Crippen LogP contribution in [0.25, 0.3) is 22.3 Å². The zero-order chi connectivity index (χ0) is 23.7. The number of nitrogens with one attached hydrogen (secondary N) is 2. The molecule has 2 saturated heterocycles. The number of pyridine rings is 1. The maximum absolute atomic E-state index is 15.0. The van der Waals surface area contributed by atoms with Gasteiger partial charge in [0.05, 0.1) is 5.69 Å². The van der Waals surface area contributed by atoms with Crippen molar-refractivity contribution in [3.8, 4) is 28.0 Å². The number of benzene rings is 2. The Morgan fingerprint density at radius 1 is 0.912 bits per heavy atom. The molecular formula is C25H25F2N5O2. The summed E-state index contributed by atoms with van der Waals surface area (Å²) in [6.45, 7) is 4.27. The third-order valence-corrected chi connectivity index (χ3v) is 6.20. The van der Waals surface area contributed by atoms with E-state index >= 15 is 0 Å². The Labute approximate surface area is 196 Å². The van der Waals surface area contributed by atoms with Crippen LogP contribution < -0.4 is 20.4 Å². The summed E-state index contributed by atoms with van der Waals surface area (Å²) in [6, 6.07) is 9.90. The highest BCUT2D eigenvalue weighted by Gasteiger charge is 2.23. The summed E-state index contributed by atoms with van der Waals surface area (Å²) >= 11 is 0. The largest absolute Gasteiger partial charge is 0.507 e. The van der Waals surface area contributed by atoms with E-state index in [1.54, 1.807) is 18.3 Å². The van der Waals surface area contributed by atoms with Crippen LogP contribution in [0.4, 0.5) is 25.1 Å². The summed E-state index contributed by atoms with van der Waals surface area (Å²) in [4.78, 5) is 20.0. The molecule has 3 N–H and O–H groups in total. The fourth-order valence-electron chi connectivity index (χ4n) is 4.44. The van der Waals surface area contributed by atoms with Crippen molar-refractivity contribution >= 4 is 17.5 Å². The second-order valence-electron chi connectivity index (χ2n) is 8.39. The second-order valence-corrected chi connectivity index (χ2v) is 8.39. The molecule has 2 aliphatic rings. The Kier molecular flexibility index (Phi) is 6.02. The lowest BCUT2D eigenvalue weighted by Crippen LogP contribution is -2.46. The zero-order valence-electron chi connectivity index (χ0n) is 18.5. The molecule has 0 atom stereocenters. The number of hydrogen-bond donors (Lipinski definition) is 3. The van der Waals surface area contributed by atoms with E-state index in [1.807, 2.05) is 6.07 Å². The molecule has 176 valence electrons. The lowest BCUT2D eigenvalue weighted by molar-refractivity contribution is 0.242. The predicted octanol–water partition coefficient (Wildman–Crippen LogP) is 3.73. The minimum Gasteiger partial charge on any atom is -0.507 e. The summed E-state index contributed by atoms with van der Waals surface area (Å²) in [5.74, 6) is -0.575. The average molecular weight is 466 g/mol. The first kappa shape index (κ1) is 22.1. The molecule has 0 radical (unpaired) electrons. The van der Waals surface area contributed by atoms with Crippen molar-refractivity contribution in [2.75, 3.05) is 49.1 Å². The van der Waals surface area contributed by atoms with Gasteiger partial charge in [-0.1, -0.05) is 6.07 Å². The molecule has 0 bridgehead atoms. The van der Waals surface area contributed by atoms with Gasteiger partial charge in [0.2, 0.25) is 0 Å². The van der Waals surface area contributed by atoms with Crippen molar-refractivity contribution in [3.63, 3.8) is 0 Å². The molecule has 7 nitrogen and oxygen atoms in total. The number of piperazine rings is 1. The van der Waals surface area contributed by atoms with Gasteiger partial charge in [-0.05, 0) is 53.9 Å². The Bertz CT molecular complexity index is 1230. The van der Waals surface area contributed by atoms with Crippen LogP contribution in [0.1, 0.15) is 6.42 Å². The molecule has 3 heterocycles. The van der Waals surface area contributed by atoms with E-state index in [0.717, 1.165) is 32.0 Å². The highest BCUT2D eigenvalue weighted by atomic mass is 19.1. The van der Waals surface area contributed by atoms with E-state index in [1.165, 1.54) is 29.2 Å². The number of carbonyl (C=O) groups excluding carboxylic acids is 1. The van der Waals surface area contributed by atoms with Gasteiger partial charge >= 0.3 is 6.03 Å². The van der Waals surface area contributed by atoms with E-state index in [2.05, 4.69) is 20.5 Å². The molecular weight excluding hydrogens is 440 g/mol. The molecule has 3 aromatic rings. The topological polar surface area (TPSA) is 80.7 Å². The minimum atomic E-state index is -0.621. The molecule has 2 aromatic carbocycles. The maximum Gasteiger partial charge on any atom is 0.321 e. The number of anilines is 2. The number of halogens is 2. The number of rotatable bonds is 4. The smallest absolute Gasteiger partial charge is 0.321 e. The Balaban J connectivity index is 1.51. The fourth-order valence-corrected chi connectivity index (χ4v) is 4.44. The summed E-state index contributed by atoms with van der Waals surface area (Å²) in [7, 11) is 0. The van der Waals surface area contributed by atoms with E-state index in [9.17, 15) is 18.7 Å². The molecule has 2 amide bonds. The number of aromatic hydroxyl groups is 1. The third-order valence-electron chi connectivity index (χ3n) is 6.20. The van der Waals surface area contributed by atoms with Crippen LogP contribution in [-0.4, -0.2) is 55.4 Å². The maximum atomic E-state index is 15.0. The molecule has 1 aromatic heterocycles. The van der Waals surface area contributed by atoms with E-state index < -0.39 is 11.6 Å². The molecule has 2 fully saturated rings. The van der Waals surface area contributed by atoms with Crippen LogP contribution in [0.15, 0.2) is 48.7 Å². The van der Waals surface area contributed by atoms with Crippen LogP contribution in [0.5, 0.6) is 5.75 Å². The van der Waals surface area contributed by atoms with Gasteiger partial charge < -0.3 is 20.6 Å².